The first-order valence-corrected chi connectivity index (χ1v) is 6.43. The van der Waals surface area contributed by atoms with Crippen molar-refractivity contribution in [1.29, 1.82) is 0 Å². The molecule has 0 bridgehead atoms. The van der Waals surface area contributed by atoms with Crippen LogP contribution in [0, 0.1) is 0 Å². The maximum atomic E-state index is 11.8. The van der Waals surface area contributed by atoms with E-state index >= 15 is 0 Å². The minimum Gasteiger partial charge on any atom is -0.480 e. The molecular formula is C12H22N2O3. The zero-order valence-corrected chi connectivity index (χ0v) is 10.4. The van der Waals surface area contributed by atoms with Crippen LogP contribution in [0.2, 0.25) is 0 Å². The number of likely N-dealkylation sites (tertiary alicyclic amines) is 1. The zero-order valence-electron chi connectivity index (χ0n) is 10.4. The molecule has 1 saturated heterocycles. The summed E-state index contributed by atoms with van der Waals surface area (Å²) in [6.45, 7) is 3.49. The van der Waals surface area contributed by atoms with E-state index in [0.29, 0.717) is 6.42 Å². The van der Waals surface area contributed by atoms with Crippen molar-refractivity contribution in [1.82, 2.24) is 10.2 Å². The van der Waals surface area contributed by atoms with Crippen LogP contribution in [0.15, 0.2) is 0 Å². The molecule has 2 amide bonds. The molecule has 0 aromatic heterocycles. The lowest BCUT2D eigenvalue weighted by Crippen LogP contribution is -2.49. The molecule has 17 heavy (non-hydrogen) atoms. The molecule has 1 unspecified atom stereocenters. The van der Waals surface area contributed by atoms with Crippen LogP contribution in [-0.4, -0.2) is 41.1 Å². The van der Waals surface area contributed by atoms with Crippen molar-refractivity contribution >= 4 is 12.0 Å². The number of carbonyl (C=O) groups is 2. The van der Waals surface area contributed by atoms with Crippen LogP contribution in [0.3, 0.4) is 0 Å². The van der Waals surface area contributed by atoms with Crippen molar-refractivity contribution < 1.29 is 14.7 Å². The first-order chi connectivity index (χ1) is 8.15. The zero-order chi connectivity index (χ0) is 12.7. The highest BCUT2D eigenvalue weighted by atomic mass is 16.4. The Kier molecular flexibility index (Phi) is 5.80. The number of carboxylic acid groups (broad SMARTS) is 1. The number of amides is 2. The van der Waals surface area contributed by atoms with Gasteiger partial charge in [-0.1, -0.05) is 19.8 Å². The summed E-state index contributed by atoms with van der Waals surface area (Å²) >= 11 is 0. The van der Waals surface area contributed by atoms with Gasteiger partial charge < -0.3 is 15.3 Å². The van der Waals surface area contributed by atoms with Gasteiger partial charge in [-0.25, -0.2) is 9.59 Å². The Labute approximate surface area is 102 Å². The topological polar surface area (TPSA) is 69.6 Å². The van der Waals surface area contributed by atoms with Gasteiger partial charge >= 0.3 is 12.0 Å². The molecule has 1 aliphatic rings. The van der Waals surface area contributed by atoms with Gasteiger partial charge in [-0.2, -0.15) is 0 Å². The second kappa shape index (κ2) is 7.14. The summed E-state index contributed by atoms with van der Waals surface area (Å²) in [6, 6.07) is -0.974. The number of urea groups is 1. The molecule has 1 rings (SSSR count). The van der Waals surface area contributed by atoms with Gasteiger partial charge in [-0.15, -0.1) is 0 Å². The quantitative estimate of drug-likeness (QED) is 0.772. The van der Waals surface area contributed by atoms with Crippen molar-refractivity contribution in [3.63, 3.8) is 0 Å². The van der Waals surface area contributed by atoms with Crippen molar-refractivity contribution in [2.24, 2.45) is 0 Å². The lowest BCUT2D eigenvalue weighted by molar-refractivity contribution is -0.139. The molecule has 5 heteroatoms. The number of aliphatic carboxylic acids is 1. The molecule has 1 atom stereocenters. The highest BCUT2D eigenvalue weighted by molar-refractivity contribution is 5.82. The van der Waals surface area contributed by atoms with Crippen LogP contribution in [-0.2, 0) is 4.79 Å². The standard InChI is InChI=1S/C12H22N2O3/c1-2-3-7-10(11(15)16)13-12(17)14-8-5-4-6-9-14/h10H,2-9H2,1H3,(H,13,17)(H,15,16). The van der Waals surface area contributed by atoms with E-state index in [-0.39, 0.29) is 6.03 Å². The predicted octanol–water partition coefficient (Wildman–Crippen LogP) is 1.83. The van der Waals surface area contributed by atoms with Crippen molar-refractivity contribution in [2.45, 2.75) is 51.5 Å². The number of piperidine rings is 1. The van der Waals surface area contributed by atoms with Gasteiger partial charge in [0.05, 0.1) is 0 Å². The number of nitrogens with one attached hydrogen (secondary N) is 1. The summed E-state index contributed by atoms with van der Waals surface area (Å²) in [6.07, 6.45) is 5.44. The van der Waals surface area contributed by atoms with E-state index in [1.54, 1.807) is 4.90 Å². The number of carboxylic acids is 1. The van der Waals surface area contributed by atoms with Gasteiger partial charge in [0.1, 0.15) is 6.04 Å². The molecule has 0 spiro atoms. The molecule has 0 aliphatic carbocycles. The van der Waals surface area contributed by atoms with Crippen LogP contribution < -0.4 is 5.32 Å². The van der Waals surface area contributed by atoms with E-state index < -0.39 is 12.0 Å². The Bertz CT molecular complexity index is 262. The van der Waals surface area contributed by atoms with E-state index in [4.69, 9.17) is 5.11 Å². The third-order valence-corrected chi connectivity index (χ3v) is 3.09. The fraction of sp³-hybridized carbons (Fsp3) is 0.833. The van der Waals surface area contributed by atoms with Gasteiger partial charge in [-0.3, -0.25) is 0 Å². The molecule has 0 radical (unpaired) electrons. The van der Waals surface area contributed by atoms with Crippen molar-refractivity contribution in [2.75, 3.05) is 13.1 Å². The largest absolute Gasteiger partial charge is 0.480 e. The normalized spacial score (nSPS) is 17.6. The third kappa shape index (κ3) is 4.63. The number of hydrogen-bond acceptors (Lipinski definition) is 2. The summed E-state index contributed by atoms with van der Waals surface area (Å²) in [7, 11) is 0. The van der Waals surface area contributed by atoms with E-state index in [1.807, 2.05) is 6.92 Å². The Morgan fingerprint density at radius 2 is 1.94 bits per heavy atom. The van der Waals surface area contributed by atoms with Crippen molar-refractivity contribution in [3.8, 4) is 0 Å². The van der Waals surface area contributed by atoms with E-state index in [1.165, 1.54) is 0 Å². The molecule has 1 fully saturated rings. The molecule has 2 N–H and O–H groups in total. The molecule has 0 saturated carbocycles. The SMILES string of the molecule is CCCCC(NC(=O)N1CCCCC1)C(=O)O. The summed E-state index contributed by atoms with van der Waals surface area (Å²) in [5, 5.41) is 11.6. The van der Waals surface area contributed by atoms with Gasteiger partial charge in [0, 0.05) is 13.1 Å². The molecule has 5 nitrogen and oxygen atoms in total. The number of nitrogens with zero attached hydrogens (tertiary/aromatic N) is 1. The molecule has 1 aliphatic heterocycles. The van der Waals surface area contributed by atoms with Crippen LogP contribution in [0.4, 0.5) is 4.79 Å². The summed E-state index contributed by atoms with van der Waals surface area (Å²) in [5.41, 5.74) is 0. The van der Waals surface area contributed by atoms with Gasteiger partial charge in [0.2, 0.25) is 0 Å². The highest BCUT2D eigenvalue weighted by Crippen LogP contribution is 2.09. The number of carbonyl (C=O) groups excluding carboxylic acids is 1. The number of hydrogen-bond donors (Lipinski definition) is 2. The Balaban J connectivity index is 2.42. The van der Waals surface area contributed by atoms with Crippen LogP contribution in [0.1, 0.15) is 45.4 Å². The van der Waals surface area contributed by atoms with Gasteiger partial charge in [0.25, 0.3) is 0 Å². The van der Waals surface area contributed by atoms with E-state index in [9.17, 15) is 9.59 Å². The lowest BCUT2D eigenvalue weighted by Gasteiger charge is -2.28. The van der Waals surface area contributed by atoms with E-state index in [0.717, 1.165) is 45.2 Å². The fourth-order valence-corrected chi connectivity index (χ4v) is 2.00. The maximum absolute atomic E-state index is 11.8. The Hall–Kier alpha value is -1.26. The molecule has 1 heterocycles. The van der Waals surface area contributed by atoms with E-state index in [2.05, 4.69) is 5.32 Å². The predicted molar refractivity (Wildman–Crippen MR) is 64.9 cm³/mol. The summed E-state index contributed by atoms with van der Waals surface area (Å²) in [5.74, 6) is -0.941. The average Bonchev–Trinajstić information content (AvgIpc) is 2.35. The second-order valence-electron chi connectivity index (χ2n) is 4.53. The first kappa shape index (κ1) is 13.8. The van der Waals surface area contributed by atoms with Crippen LogP contribution in [0.25, 0.3) is 0 Å². The lowest BCUT2D eigenvalue weighted by atomic mass is 10.1. The Morgan fingerprint density at radius 3 is 2.47 bits per heavy atom. The number of rotatable bonds is 5. The van der Waals surface area contributed by atoms with Crippen molar-refractivity contribution in [3.05, 3.63) is 0 Å². The fourth-order valence-electron chi connectivity index (χ4n) is 2.00. The smallest absolute Gasteiger partial charge is 0.326 e. The molecule has 98 valence electrons. The number of unbranched alkanes of at least 4 members (excludes halogenated alkanes) is 1. The maximum Gasteiger partial charge on any atom is 0.326 e. The third-order valence-electron chi connectivity index (χ3n) is 3.09. The Morgan fingerprint density at radius 1 is 1.29 bits per heavy atom. The molecular weight excluding hydrogens is 220 g/mol. The van der Waals surface area contributed by atoms with Crippen LogP contribution in [0.5, 0.6) is 0 Å². The van der Waals surface area contributed by atoms with Crippen LogP contribution >= 0.6 is 0 Å². The molecule has 0 aromatic rings. The monoisotopic (exact) mass is 242 g/mol. The second-order valence-corrected chi connectivity index (χ2v) is 4.53. The first-order valence-electron chi connectivity index (χ1n) is 6.43. The van der Waals surface area contributed by atoms with Gasteiger partial charge in [0.15, 0.2) is 0 Å². The highest BCUT2D eigenvalue weighted by Gasteiger charge is 2.23. The molecule has 0 aromatic carbocycles. The van der Waals surface area contributed by atoms with Gasteiger partial charge in [-0.05, 0) is 25.7 Å². The summed E-state index contributed by atoms with van der Waals surface area (Å²) in [4.78, 5) is 24.5. The average molecular weight is 242 g/mol. The minimum absolute atomic E-state index is 0.229. The summed E-state index contributed by atoms with van der Waals surface area (Å²) < 4.78 is 0. The minimum atomic E-state index is -0.941.